The molecule has 2 atom stereocenters. The van der Waals surface area contributed by atoms with Crippen molar-refractivity contribution in [3.63, 3.8) is 0 Å². The zero-order valence-electron chi connectivity index (χ0n) is 12.1. The van der Waals surface area contributed by atoms with Crippen molar-refractivity contribution in [1.29, 1.82) is 0 Å². The number of hydrogen-bond donors (Lipinski definition) is 2. The average molecular weight is 288 g/mol. The molecule has 2 heterocycles. The number of nitrogens with one attached hydrogen (secondary N) is 1. The fourth-order valence-electron chi connectivity index (χ4n) is 3.45. The standard InChI is InChI=1S/C16H20N2O3/c1-16(8-4-9-17-16)15(21)18-10-7-11-5-2-3-6-12(11)13(18)14(19)20/h2-3,5-6,13,17H,4,7-10H2,1H3,(H,19,20). The molecule has 2 N–H and O–H groups in total. The lowest BCUT2D eigenvalue weighted by Gasteiger charge is -2.39. The van der Waals surface area contributed by atoms with Crippen LogP contribution in [0.2, 0.25) is 0 Å². The molecule has 5 heteroatoms. The van der Waals surface area contributed by atoms with Gasteiger partial charge in [-0.1, -0.05) is 24.3 Å². The van der Waals surface area contributed by atoms with Crippen LogP contribution < -0.4 is 5.32 Å². The summed E-state index contributed by atoms with van der Waals surface area (Å²) in [4.78, 5) is 26.1. The van der Waals surface area contributed by atoms with Gasteiger partial charge in [-0.15, -0.1) is 0 Å². The Balaban J connectivity index is 1.96. The average Bonchev–Trinajstić information content (AvgIpc) is 2.93. The second-order valence-electron chi connectivity index (χ2n) is 6.05. The zero-order valence-corrected chi connectivity index (χ0v) is 12.1. The van der Waals surface area contributed by atoms with E-state index in [1.807, 2.05) is 31.2 Å². The van der Waals surface area contributed by atoms with Crippen molar-refractivity contribution in [2.75, 3.05) is 13.1 Å². The van der Waals surface area contributed by atoms with Crippen molar-refractivity contribution in [1.82, 2.24) is 10.2 Å². The predicted octanol–water partition coefficient (Wildman–Crippen LogP) is 1.34. The van der Waals surface area contributed by atoms with E-state index in [1.54, 1.807) is 0 Å². The van der Waals surface area contributed by atoms with Crippen LogP contribution in [0.15, 0.2) is 24.3 Å². The van der Waals surface area contributed by atoms with Crippen LogP contribution >= 0.6 is 0 Å². The summed E-state index contributed by atoms with van der Waals surface area (Å²) in [5.74, 6) is -1.06. The fraction of sp³-hybridized carbons (Fsp3) is 0.500. The topological polar surface area (TPSA) is 69.6 Å². The summed E-state index contributed by atoms with van der Waals surface area (Å²) in [6, 6.07) is 6.63. The molecule has 112 valence electrons. The Kier molecular flexibility index (Phi) is 3.45. The van der Waals surface area contributed by atoms with Crippen LogP contribution in [0, 0.1) is 0 Å². The molecule has 1 aromatic carbocycles. The highest BCUT2D eigenvalue weighted by Crippen LogP contribution is 2.33. The minimum atomic E-state index is -0.961. The SMILES string of the molecule is CC1(C(=O)N2CCc3ccccc3C2C(=O)O)CCCN1. The van der Waals surface area contributed by atoms with Crippen molar-refractivity contribution in [3.05, 3.63) is 35.4 Å². The molecule has 2 aliphatic rings. The summed E-state index contributed by atoms with van der Waals surface area (Å²) in [5.41, 5.74) is 1.14. The molecule has 2 aliphatic heterocycles. The number of benzene rings is 1. The van der Waals surface area contributed by atoms with E-state index in [-0.39, 0.29) is 5.91 Å². The number of hydrogen-bond acceptors (Lipinski definition) is 3. The van der Waals surface area contributed by atoms with Gasteiger partial charge >= 0.3 is 5.97 Å². The Morgan fingerprint density at radius 2 is 2.14 bits per heavy atom. The number of fused-ring (bicyclic) bond motifs is 1. The molecule has 0 saturated carbocycles. The van der Waals surface area contributed by atoms with Crippen molar-refractivity contribution < 1.29 is 14.7 Å². The van der Waals surface area contributed by atoms with Crippen LogP contribution in [0.25, 0.3) is 0 Å². The lowest BCUT2D eigenvalue weighted by atomic mass is 9.89. The fourth-order valence-corrected chi connectivity index (χ4v) is 3.45. The number of carboxylic acids is 1. The Hall–Kier alpha value is -1.88. The van der Waals surface area contributed by atoms with Gasteiger partial charge in [0.2, 0.25) is 5.91 Å². The maximum absolute atomic E-state index is 12.8. The molecule has 1 amide bonds. The lowest BCUT2D eigenvalue weighted by molar-refractivity contribution is -0.153. The third-order valence-corrected chi connectivity index (χ3v) is 4.62. The number of amides is 1. The summed E-state index contributed by atoms with van der Waals surface area (Å²) in [5, 5.41) is 12.8. The minimum absolute atomic E-state index is 0.0955. The van der Waals surface area contributed by atoms with Gasteiger partial charge in [0.1, 0.15) is 0 Å². The molecule has 0 spiro atoms. The summed E-state index contributed by atoms with van der Waals surface area (Å²) < 4.78 is 0. The van der Waals surface area contributed by atoms with Gasteiger partial charge in [-0.25, -0.2) is 4.79 Å². The molecule has 0 bridgehead atoms. The van der Waals surface area contributed by atoms with Crippen molar-refractivity contribution in [3.8, 4) is 0 Å². The Morgan fingerprint density at radius 3 is 2.81 bits per heavy atom. The van der Waals surface area contributed by atoms with Crippen molar-refractivity contribution in [2.45, 2.75) is 37.8 Å². The summed E-state index contributed by atoms with van der Waals surface area (Å²) in [7, 11) is 0. The number of nitrogens with zero attached hydrogens (tertiary/aromatic N) is 1. The van der Waals surface area contributed by atoms with Crippen LogP contribution in [0.3, 0.4) is 0 Å². The maximum Gasteiger partial charge on any atom is 0.331 e. The number of carboxylic acid groups (broad SMARTS) is 1. The summed E-state index contributed by atoms with van der Waals surface area (Å²) >= 11 is 0. The quantitative estimate of drug-likeness (QED) is 0.861. The largest absolute Gasteiger partial charge is 0.479 e. The van der Waals surface area contributed by atoms with Gasteiger partial charge in [-0.3, -0.25) is 4.79 Å². The molecule has 0 radical (unpaired) electrons. The summed E-state index contributed by atoms with van der Waals surface area (Å²) in [6.45, 7) is 3.15. The van der Waals surface area contributed by atoms with Crippen molar-refractivity contribution >= 4 is 11.9 Å². The second kappa shape index (κ2) is 5.15. The first kappa shape index (κ1) is 14.1. The van der Waals surface area contributed by atoms with E-state index in [0.717, 1.165) is 30.5 Å². The molecule has 1 fully saturated rings. The van der Waals surface area contributed by atoms with Crippen LogP contribution in [0.4, 0.5) is 0 Å². The van der Waals surface area contributed by atoms with Crippen LogP contribution in [0.5, 0.6) is 0 Å². The first-order valence-corrected chi connectivity index (χ1v) is 7.40. The van der Waals surface area contributed by atoms with Gasteiger partial charge in [0.15, 0.2) is 6.04 Å². The molecule has 1 aromatic rings. The number of rotatable bonds is 2. The Labute approximate surface area is 123 Å². The smallest absolute Gasteiger partial charge is 0.331 e. The van der Waals surface area contributed by atoms with Crippen LogP contribution in [-0.4, -0.2) is 40.5 Å². The van der Waals surface area contributed by atoms with Gasteiger partial charge in [0.25, 0.3) is 0 Å². The van der Waals surface area contributed by atoms with E-state index in [4.69, 9.17) is 0 Å². The highest BCUT2D eigenvalue weighted by Gasteiger charge is 2.44. The normalized spacial score (nSPS) is 28.2. The number of aliphatic carboxylic acids is 1. The maximum atomic E-state index is 12.8. The predicted molar refractivity (Wildman–Crippen MR) is 77.9 cm³/mol. The number of carbonyl (C=O) groups excluding carboxylic acids is 1. The first-order chi connectivity index (χ1) is 10.0. The van der Waals surface area contributed by atoms with E-state index >= 15 is 0 Å². The molecule has 1 saturated heterocycles. The molecule has 21 heavy (non-hydrogen) atoms. The monoisotopic (exact) mass is 288 g/mol. The highest BCUT2D eigenvalue weighted by molar-refractivity contribution is 5.91. The molecule has 5 nitrogen and oxygen atoms in total. The van der Waals surface area contributed by atoms with Gasteiger partial charge in [0, 0.05) is 6.54 Å². The first-order valence-electron chi connectivity index (χ1n) is 7.40. The third kappa shape index (κ3) is 2.31. The van der Waals surface area contributed by atoms with E-state index in [1.165, 1.54) is 4.90 Å². The molecule has 3 rings (SSSR count). The van der Waals surface area contributed by atoms with Gasteiger partial charge in [0.05, 0.1) is 5.54 Å². The molecule has 2 unspecified atom stereocenters. The van der Waals surface area contributed by atoms with Gasteiger partial charge in [-0.2, -0.15) is 0 Å². The minimum Gasteiger partial charge on any atom is -0.479 e. The van der Waals surface area contributed by atoms with E-state index in [0.29, 0.717) is 13.0 Å². The van der Waals surface area contributed by atoms with Gasteiger partial charge < -0.3 is 15.3 Å². The highest BCUT2D eigenvalue weighted by atomic mass is 16.4. The van der Waals surface area contributed by atoms with Crippen LogP contribution in [-0.2, 0) is 16.0 Å². The zero-order chi connectivity index (χ0) is 15.0. The molecular weight excluding hydrogens is 268 g/mol. The second-order valence-corrected chi connectivity index (χ2v) is 6.05. The van der Waals surface area contributed by atoms with Crippen LogP contribution in [0.1, 0.15) is 36.9 Å². The molecule has 0 aromatic heterocycles. The Morgan fingerprint density at radius 1 is 1.38 bits per heavy atom. The summed E-state index contributed by atoms with van der Waals surface area (Å²) in [6.07, 6.45) is 2.42. The molecular formula is C16H20N2O3. The van der Waals surface area contributed by atoms with E-state index < -0.39 is 17.6 Å². The van der Waals surface area contributed by atoms with E-state index in [2.05, 4.69) is 5.32 Å². The molecule has 0 aliphatic carbocycles. The lowest BCUT2D eigenvalue weighted by Crippen LogP contribution is -2.56. The van der Waals surface area contributed by atoms with Gasteiger partial charge in [-0.05, 0) is 43.9 Å². The number of carbonyl (C=O) groups is 2. The van der Waals surface area contributed by atoms with E-state index in [9.17, 15) is 14.7 Å². The van der Waals surface area contributed by atoms with Crippen molar-refractivity contribution in [2.24, 2.45) is 0 Å². The Bertz CT molecular complexity index is 579. The third-order valence-electron chi connectivity index (χ3n) is 4.62.